The van der Waals surface area contributed by atoms with Crippen LogP contribution in [-0.2, 0) is 6.54 Å². The van der Waals surface area contributed by atoms with E-state index < -0.39 is 0 Å². The second kappa shape index (κ2) is 9.18. The molecule has 0 fully saturated rings. The third-order valence-electron chi connectivity index (χ3n) is 3.38. The van der Waals surface area contributed by atoms with Crippen molar-refractivity contribution in [2.24, 2.45) is 10.7 Å². The average Bonchev–Trinajstić information content (AvgIpc) is 2.92. The Labute approximate surface area is 168 Å². The fourth-order valence-electron chi connectivity index (χ4n) is 2.15. The molecule has 0 bridgehead atoms. The van der Waals surface area contributed by atoms with Crippen molar-refractivity contribution in [1.29, 1.82) is 0 Å². The van der Waals surface area contributed by atoms with Gasteiger partial charge in [-0.05, 0) is 12.1 Å². The molecule has 136 valence electrons. The molecule has 0 saturated heterocycles. The molecule has 0 amide bonds. The van der Waals surface area contributed by atoms with Crippen LogP contribution in [0.3, 0.4) is 0 Å². The molecule has 7 nitrogen and oxygen atoms in total. The van der Waals surface area contributed by atoms with Gasteiger partial charge in [0.2, 0.25) is 0 Å². The number of nitrogens with zero attached hydrogens (tertiary/aromatic N) is 3. The molecular formula is C16H22IN5O2S. The maximum absolute atomic E-state index is 5.95. The summed E-state index contributed by atoms with van der Waals surface area (Å²) in [6.45, 7) is 5.91. The fraction of sp³-hybridized carbons (Fsp3) is 0.438. The van der Waals surface area contributed by atoms with E-state index in [2.05, 4.69) is 34.4 Å². The molecule has 0 unspecified atom stereocenters. The number of fused-ring (bicyclic) bond motifs is 1. The predicted molar refractivity (Wildman–Crippen MR) is 110 cm³/mol. The molecule has 25 heavy (non-hydrogen) atoms. The lowest BCUT2D eigenvalue weighted by Crippen LogP contribution is -2.22. The molecule has 3 rings (SSSR count). The number of aromatic nitrogens is 2. The standard InChI is InChI=1S/C16H21N5O2S.HI/c1-10(2)15-21-20-14(24-15)9-18-16(17)19-11-4-5-12-13(8-11)23-7-3-6-22-12;/h4-5,8,10H,3,6-7,9H2,1-2H3,(H3,17,18,19);1H. The normalized spacial score (nSPS) is 14.0. The number of hydrogen-bond acceptors (Lipinski definition) is 6. The van der Waals surface area contributed by atoms with Crippen LogP contribution in [0.15, 0.2) is 23.2 Å². The van der Waals surface area contributed by atoms with Gasteiger partial charge < -0.3 is 20.5 Å². The smallest absolute Gasteiger partial charge is 0.193 e. The van der Waals surface area contributed by atoms with Crippen molar-refractivity contribution >= 4 is 47.0 Å². The van der Waals surface area contributed by atoms with Crippen LogP contribution in [0.5, 0.6) is 11.5 Å². The number of anilines is 1. The Balaban J connectivity index is 0.00000225. The Hall–Kier alpha value is -1.62. The van der Waals surface area contributed by atoms with E-state index in [4.69, 9.17) is 15.2 Å². The molecule has 0 saturated carbocycles. The van der Waals surface area contributed by atoms with E-state index >= 15 is 0 Å². The third-order valence-corrected chi connectivity index (χ3v) is 4.59. The molecule has 9 heteroatoms. The van der Waals surface area contributed by atoms with Gasteiger partial charge in [0.15, 0.2) is 17.5 Å². The Bertz CT molecular complexity index is 735. The fourth-order valence-corrected chi connectivity index (χ4v) is 2.91. The third kappa shape index (κ3) is 5.43. The summed E-state index contributed by atoms with van der Waals surface area (Å²) in [4.78, 5) is 4.31. The van der Waals surface area contributed by atoms with Crippen LogP contribution in [0.4, 0.5) is 5.69 Å². The van der Waals surface area contributed by atoms with Crippen LogP contribution in [0, 0.1) is 0 Å². The quantitative estimate of drug-likeness (QED) is 0.400. The van der Waals surface area contributed by atoms with Gasteiger partial charge in [0.05, 0.1) is 19.8 Å². The molecule has 0 spiro atoms. The lowest BCUT2D eigenvalue weighted by molar-refractivity contribution is 0.297. The monoisotopic (exact) mass is 475 g/mol. The summed E-state index contributed by atoms with van der Waals surface area (Å²) in [6.07, 6.45) is 0.876. The van der Waals surface area contributed by atoms with E-state index in [1.807, 2.05) is 18.2 Å². The first kappa shape index (κ1) is 19.7. The first-order chi connectivity index (χ1) is 11.6. The number of halogens is 1. The van der Waals surface area contributed by atoms with Crippen molar-refractivity contribution in [3.63, 3.8) is 0 Å². The zero-order valence-corrected chi connectivity index (χ0v) is 17.3. The van der Waals surface area contributed by atoms with Crippen LogP contribution < -0.4 is 20.5 Å². The van der Waals surface area contributed by atoms with E-state index in [1.54, 1.807) is 11.3 Å². The molecule has 1 aromatic heterocycles. The number of hydrogen-bond donors (Lipinski definition) is 2. The number of benzene rings is 1. The van der Waals surface area contributed by atoms with Crippen molar-refractivity contribution in [3.05, 3.63) is 28.2 Å². The van der Waals surface area contributed by atoms with Crippen molar-refractivity contribution in [1.82, 2.24) is 10.2 Å². The summed E-state index contributed by atoms with van der Waals surface area (Å²) in [5.41, 5.74) is 6.76. The topological polar surface area (TPSA) is 94.7 Å². The van der Waals surface area contributed by atoms with Gasteiger partial charge >= 0.3 is 0 Å². The highest BCUT2D eigenvalue weighted by Gasteiger charge is 2.11. The van der Waals surface area contributed by atoms with E-state index in [1.165, 1.54) is 0 Å². The molecule has 2 heterocycles. The lowest BCUT2D eigenvalue weighted by atomic mass is 10.2. The van der Waals surface area contributed by atoms with Gasteiger partial charge in [-0.25, -0.2) is 4.99 Å². The minimum Gasteiger partial charge on any atom is -0.490 e. The predicted octanol–water partition coefficient (Wildman–Crippen LogP) is 3.37. The lowest BCUT2D eigenvalue weighted by Gasteiger charge is -2.10. The summed E-state index contributed by atoms with van der Waals surface area (Å²) < 4.78 is 11.3. The minimum absolute atomic E-state index is 0. The highest BCUT2D eigenvalue weighted by atomic mass is 127. The van der Waals surface area contributed by atoms with Gasteiger partial charge in [-0.1, -0.05) is 25.2 Å². The van der Waals surface area contributed by atoms with Crippen molar-refractivity contribution < 1.29 is 9.47 Å². The first-order valence-electron chi connectivity index (χ1n) is 7.90. The van der Waals surface area contributed by atoms with Crippen LogP contribution in [0.1, 0.15) is 36.2 Å². The zero-order valence-electron chi connectivity index (χ0n) is 14.2. The van der Waals surface area contributed by atoms with Gasteiger partial charge in [-0.2, -0.15) is 0 Å². The SMILES string of the molecule is CC(C)c1nnc(CN=C(N)Nc2ccc3c(c2)OCCCO3)s1.I. The van der Waals surface area contributed by atoms with Gasteiger partial charge in [0.25, 0.3) is 0 Å². The van der Waals surface area contributed by atoms with Gasteiger partial charge in [-0.3, -0.25) is 0 Å². The summed E-state index contributed by atoms with van der Waals surface area (Å²) in [6, 6.07) is 5.62. The number of aliphatic imine (C=N–C) groups is 1. The van der Waals surface area contributed by atoms with Gasteiger partial charge in [-0.15, -0.1) is 34.2 Å². The van der Waals surface area contributed by atoms with Crippen LogP contribution in [0.25, 0.3) is 0 Å². The zero-order chi connectivity index (χ0) is 16.9. The average molecular weight is 475 g/mol. The molecule has 3 N–H and O–H groups in total. The van der Waals surface area contributed by atoms with E-state index in [-0.39, 0.29) is 24.0 Å². The summed E-state index contributed by atoms with van der Waals surface area (Å²) in [7, 11) is 0. The Morgan fingerprint density at radius 3 is 2.76 bits per heavy atom. The summed E-state index contributed by atoms with van der Waals surface area (Å²) in [5.74, 6) is 2.17. The highest BCUT2D eigenvalue weighted by molar-refractivity contribution is 14.0. The first-order valence-corrected chi connectivity index (χ1v) is 8.72. The second-order valence-electron chi connectivity index (χ2n) is 5.73. The Kier molecular flexibility index (Phi) is 7.24. The highest BCUT2D eigenvalue weighted by Crippen LogP contribution is 2.32. The van der Waals surface area contributed by atoms with E-state index in [9.17, 15) is 0 Å². The number of guanidine groups is 1. The molecule has 0 atom stereocenters. The maximum atomic E-state index is 5.95. The molecule has 1 aromatic carbocycles. The molecular weight excluding hydrogens is 453 g/mol. The molecule has 0 radical (unpaired) electrons. The maximum Gasteiger partial charge on any atom is 0.193 e. The van der Waals surface area contributed by atoms with Crippen LogP contribution >= 0.6 is 35.3 Å². The van der Waals surface area contributed by atoms with E-state index in [0.29, 0.717) is 31.6 Å². The number of rotatable bonds is 4. The van der Waals surface area contributed by atoms with Gasteiger partial charge in [0, 0.05) is 24.1 Å². The molecule has 0 aliphatic carbocycles. The largest absolute Gasteiger partial charge is 0.490 e. The number of ether oxygens (including phenoxy) is 2. The summed E-state index contributed by atoms with van der Waals surface area (Å²) in [5, 5.41) is 13.2. The Morgan fingerprint density at radius 1 is 1.28 bits per heavy atom. The second-order valence-corrected chi connectivity index (χ2v) is 6.82. The molecule has 1 aliphatic rings. The van der Waals surface area contributed by atoms with Gasteiger partial charge in [0.1, 0.15) is 10.0 Å². The minimum atomic E-state index is 0. The van der Waals surface area contributed by atoms with Crippen molar-refractivity contribution in [2.75, 3.05) is 18.5 Å². The summed E-state index contributed by atoms with van der Waals surface area (Å²) >= 11 is 1.56. The number of nitrogens with one attached hydrogen (secondary N) is 1. The van der Waals surface area contributed by atoms with Crippen LogP contribution in [-0.4, -0.2) is 29.4 Å². The number of nitrogens with two attached hydrogens (primary N) is 1. The Morgan fingerprint density at radius 2 is 2.04 bits per heavy atom. The van der Waals surface area contributed by atoms with E-state index in [0.717, 1.165) is 33.6 Å². The molecule has 1 aliphatic heterocycles. The van der Waals surface area contributed by atoms with Crippen LogP contribution in [0.2, 0.25) is 0 Å². The van der Waals surface area contributed by atoms with Crippen molar-refractivity contribution in [3.8, 4) is 11.5 Å². The van der Waals surface area contributed by atoms with Crippen molar-refractivity contribution in [2.45, 2.75) is 32.7 Å². The molecule has 2 aromatic rings.